The van der Waals surface area contributed by atoms with Crippen molar-refractivity contribution in [3.63, 3.8) is 0 Å². The van der Waals surface area contributed by atoms with Crippen LogP contribution in [0.2, 0.25) is 0 Å². The van der Waals surface area contributed by atoms with Gasteiger partial charge in [-0.3, -0.25) is 9.69 Å². The molecule has 2 rings (SSSR count). The first kappa shape index (κ1) is 16.0. The van der Waals surface area contributed by atoms with Gasteiger partial charge in [0.2, 0.25) is 5.91 Å². The second-order valence-corrected chi connectivity index (χ2v) is 6.29. The maximum atomic E-state index is 12.0. The van der Waals surface area contributed by atoms with Gasteiger partial charge in [0, 0.05) is 32.7 Å². The van der Waals surface area contributed by atoms with Crippen molar-refractivity contribution in [3.8, 4) is 0 Å². The van der Waals surface area contributed by atoms with Crippen LogP contribution < -0.4 is 5.73 Å². The van der Waals surface area contributed by atoms with Crippen molar-refractivity contribution in [2.45, 2.75) is 38.9 Å². The molecule has 4 nitrogen and oxygen atoms in total. The van der Waals surface area contributed by atoms with Crippen LogP contribution in [0.4, 0.5) is 0 Å². The summed E-state index contributed by atoms with van der Waals surface area (Å²) >= 11 is 0. The quantitative estimate of drug-likeness (QED) is 0.918. The molecule has 1 amide bonds. The Hall–Kier alpha value is -1.39. The van der Waals surface area contributed by atoms with Crippen LogP contribution in [0.1, 0.15) is 25.8 Å². The number of carbonyl (C=O) groups excluding carboxylic acids is 1. The second-order valence-electron chi connectivity index (χ2n) is 6.29. The molecule has 0 saturated carbocycles. The van der Waals surface area contributed by atoms with Gasteiger partial charge in [-0.2, -0.15) is 0 Å². The van der Waals surface area contributed by atoms with Crippen LogP contribution >= 0.6 is 0 Å². The van der Waals surface area contributed by atoms with Gasteiger partial charge in [-0.05, 0) is 24.8 Å². The Balaban J connectivity index is 1.91. The van der Waals surface area contributed by atoms with Crippen molar-refractivity contribution >= 4 is 5.91 Å². The Bertz CT molecular complexity index is 460. The normalized spacial score (nSPS) is 24.6. The zero-order valence-electron chi connectivity index (χ0n) is 13.3. The van der Waals surface area contributed by atoms with Crippen molar-refractivity contribution < 1.29 is 4.79 Å². The molecular weight excluding hydrogens is 262 g/mol. The maximum Gasteiger partial charge on any atom is 0.239 e. The number of benzene rings is 1. The van der Waals surface area contributed by atoms with Crippen molar-refractivity contribution in [3.05, 3.63) is 35.9 Å². The summed E-state index contributed by atoms with van der Waals surface area (Å²) in [4.78, 5) is 16.4. The predicted octanol–water partition coefficient (Wildman–Crippen LogP) is 1.70. The van der Waals surface area contributed by atoms with E-state index in [1.54, 1.807) is 6.92 Å². The van der Waals surface area contributed by atoms with Gasteiger partial charge in [0.15, 0.2) is 0 Å². The number of likely N-dealkylation sites (tertiary alicyclic amines) is 1. The van der Waals surface area contributed by atoms with Gasteiger partial charge in [-0.25, -0.2) is 0 Å². The highest BCUT2D eigenvalue weighted by Gasteiger charge is 2.31. The van der Waals surface area contributed by atoms with Crippen LogP contribution in [-0.4, -0.2) is 47.9 Å². The van der Waals surface area contributed by atoms with Crippen LogP contribution in [-0.2, 0) is 11.3 Å². The molecule has 3 atom stereocenters. The van der Waals surface area contributed by atoms with E-state index in [0.717, 1.165) is 26.1 Å². The summed E-state index contributed by atoms with van der Waals surface area (Å²) < 4.78 is 0. The molecule has 0 aromatic heterocycles. The van der Waals surface area contributed by atoms with E-state index in [2.05, 4.69) is 36.1 Å². The van der Waals surface area contributed by atoms with Crippen LogP contribution in [0, 0.1) is 5.92 Å². The van der Waals surface area contributed by atoms with Gasteiger partial charge in [0.1, 0.15) is 0 Å². The fourth-order valence-electron chi connectivity index (χ4n) is 3.26. The fraction of sp³-hybridized carbons (Fsp3) is 0.588. The minimum Gasteiger partial charge on any atom is -0.341 e. The first-order valence-electron chi connectivity index (χ1n) is 7.77. The van der Waals surface area contributed by atoms with Crippen molar-refractivity contribution in [1.82, 2.24) is 9.80 Å². The molecule has 1 aromatic carbocycles. The number of nitrogens with two attached hydrogens (primary N) is 1. The van der Waals surface area contributed by atoms with Crippen LogP contribution in [0.3, 0.4) is 0 Å². The molecule has 1 aromatic rings. The molecule has 21 heavy (non-hydrogen) atoms. The monoisotopic (exact) mass is 289 g/mol. The Morgan fingerprint density at radius 3 is 2.67 bits per heavy atom. The van der Waals surface area contributed by atoms with E-state index < -0.39 is 6.04 Å². The Morgan fingerprint density at radius 1 is 1.43 bits per heavy atom. The number of likely N-dealkylation sites (N-methyl/N-ethyl adjacent to an activating group) is 1. The number of hydrogen-bond donors (Lipinski definition) is 1. The van der Waals surface area contributed by atoms with Gasteiger partial charge in [-0.1, -0.05) is 37.3 Å². The molecule has 1 fully saturated rings. The highest BCUT2D eigenvalue weighted by Crippen LogP contribution is 2.23. The first-order chi connectivity index (χ1) is 9.99. The van der Waals surface area contributed by atoms with Crippen LogP contribution in [0.15, 0.2) is 30.3 Å². The zero-order chi connectivity index (χ0) is 15.4. The van der Waals surface area contributed by atoms with Crippen LogP contribution in [0.25, 0.3) is 0 Å². The third-order valence-electron chi connectivity index (χ3n) is 4.43. The first-order valence-corrected chi connectivity index (χ1v) is 7.77. The van der Waals surface area contributed by atoms with Crippen molar-refractivity contribution in [2.75, 3.05) is 20.1 Å². The lowest BCUT2D eigenvalue weighted by Gasteiger charge is -2.41. The fourth-order valence-corrected chi connectivity index (χ4v) is 3.26. The van der Waals surface area contributed by atoms with E-state index >= 15 is 0 Å². The van der Waals surface area contributed by atoms with Gasteiger partial charge in [0.25, 0.3) is 0 Å². The largest absolute Gasteiger partial charge is 0.341 e. The third kappa shape index (κ3) is 4.05. The molecule has 0 unspecified atom stereocenters. The summed E-state index contributed by atoms with van der Waals surface area (Å²) in [6.07, 6.45) is 1.02. The number of rotatable bonds is 4. The van der Waals surface area contributed by atoms with E-state index in [-0.39, 0.29) is 5.91 Å². The van der Waals surface area contributed by atoms with Crippen molar-refractivity contribution in [1.29, 1.82) is 0 Å². The van der Waals surface area contributed by atoms with Gasteiger partial charge >= 0.3 is 0 Å². The van der Waals surface area contributed by atoms with Gasteiger partial charge < -0.3 is 10.6 Å². The number of piperidine rings is 1. The molecule has 1 aliphatic heterocycles. The molecule has 116 valence electrons. The number of carbonyl (C=O) groups is 1. The van der Waals surface area contributed by atoms with Gasteiger partial charge in [-0.15, -0.1) is 0 Å². The topological polar surface area (TPSA) is 49.6 Å². The molecule has 1 saturated heterocycles. The van der Waals surface area contributed by atoms with E-state index in [9.17, 15) is 4.79 Å². The summed E-state index contributed by atoms with van der Waals surface area (Å²) in [6, 6.07) is 10.4. The van der Waals surface area contributed by atoms with E-state index in [4.69, 9.17) is 5.73 Å². The molecule has 2 N–H and O–H groups in total. The Kier molecular flexibility index (Phi) is 5.37. The van der Waals surface area contributed by atoms with E-state index in [1.165, 1.54) is 5.56 Å². The third-order valence-corrected chi connectivity index (χ3v) is 4.43. The number of nitrogens with zero attached hydrogens (tertiary/aromatic N) is 2. The number of amides is 1. The molecule has 1 aliphatic rings. The lowest BCUT2D eigenvalue weighted by atomic mass is 9.92. The second kappa shape index (κ2) is 7.05. The highest BCUT2D eigenvalue weighted by atomic mass is 16.2. The smallest absolute Gasteiger partial charge is 0.239 e. The molecule has 4 heteroatoms. The Morgan fingerprint density at radius 2 is 2.10 bits per heavy atom. The highest BCUT2D eigenvalue weighted by molar-refractivity contribution is 5.81. The van der Waals surface area contributed by atoms with Gasteiger partial charge in [0.05, 0.1) is 6.04 Å². The molecule has 0 aliphatic carbocycles. The molecule has 1 heterocycles. The molecule has 0 radical (unpaired) electrons. The average molecular weight is 289 g/mol. The SMILES string of the molecule is C[C@H](N)C(=O)N(C)[C@H]1CCN(Cc2ccccc2)C[C@H]1C. The average Bonchev–Trinajstić information content (AvgIpc) is 2.47. The lowest BCUT2D eigenvalue weighted by molar-refractivity contribution is -0.135. The summed E-state index contributed by atoms with van der Waals surface area (Å²) in [5.41, 5.74) is 7.07. The lowest BCUT2D eigenvalue weighted by Crippen LogP contribution is -2.53. The minimum atomic E-state index is -0.412. The zero-order valence-corrected chi connectivity index (χ0v) is 13.3. The minimum absolute atomic E-state index is 0.0448. The van der Waals surface area contributed by atoms with Crippen molar-refractivity contribution in [2.24, 2.45) is 11.7 Å². The summed E-state index contributed by atoms with van der Waals surface area (Å²) in [6.45, 7) is 7.03. The summed E-state index contributed by atoms with van der Waals surface area (Å²) in [7, 11) is 1.89. The molecule has 0 spiro atoms. The summed E-state index contributed by atoms with van der Waals surface area (Å²) in [5, 5.41) is 0. The number of hydrogen-bond acceptors (Lipinski definition) is 3. The summed E-state index contributed by atoms with van der Waals surface area (Å²) in [5.74, 6) is 0.513. The van der Waals surface area contributed by atoms with Crippen LogP contribution in [0.5, 0.6) is 0 Å². The van der Waals surface area contributed by atoms with E-state index in [0.29, 0.717) is 12.0 Å². The maximum absolute atomic E-state index is 12.0. The molecule has 0 bridgehead atoms. The standard InChI is InChI=1S/C17H27N3O/c1-13-11-20(12-15-7-5-4-6-8-15)10-9-16(13)19(3)17(21)14(2)18/h4-8,13-14,16H,9-12,18H2,1-3H3/t13-,14+,16+/m1/s1. The predicted molar refractivity (Wildman–Crippen MR) is 85.7 cm³/mol. The van der Waals surface area contributed by atoms with E-state index in [1.807, 2.05) is 18.0 Å². The molecular formula is C17H27N3O. The Labute approximate surface area is 127 Å².